The fourth-order valence-electron chi connectivity index (χ4n) is 6.28. The maximum atomic E-state index is 14.7. The Kier molecular flexibility index (Phi) is 7.27. The van der Waals surface area contributed by atoms with Crippen LogP contribution in [0.1, 0.15) is 72.4 Å². The van der Waals surface area contributed by atoms with Crippen LogP contribution in [0.15, 0.2) is 35.1 Å². The highest BCUT2D eigenvalue weighted by Crippen LogP contribution is 2.40. The van der Waals surface area contributed by atoms with Gasteiger partial charge >= 0.3 is 0 Å². The number of aryl methyl sites for hydroxylation is 1. The Morgan fingerprint density at radius 1 is 1.21 bits per heavy atom. The van der Waals surface area contributed by atoms with Crippen LogP contribution in [-0.2, 0) is 11.3 Å². The molecule has 3 aromatic rings. The van der Waals surface area contributed by atoms with E-state index >= 15 is 0 Å². The van der Waals surface area contributed by atoms with Gasteiger partial charge in [0.15, 0.2) is 5.67 Å². The zero-order chi connectivity index (χ0) is 27.9. The molecule has 5 rings (SSSR count). The Morgan fingerprint density at radius 3 is 2.54 bits per heavy atom. The quantitative estimate of drug-likeness (QED) is 0.462. The van der Waals surface area contributed by atoms with Gasteiger partial charge < -0.3 is 24.5 Å². The molecule has 0 spiro atoms. The molecule has 9 heteroatoms. The molecule has 208 valence electrons. The van der Waals surface area contributed by atoms with E-state index in [2.05, 4.69) is 21.8 Å². The van der Waals surface area contributed by atoms with Crippen LogP contribution < -0.4 is 15.6 Å². The van der Waals surface area contributed by atoms with Gasteiger partial charge in [0.05, 0.1) is 24.8 Å². The molecule has 2 fully saturated rings. The standard InChI is InChI=1S/C30H37FN4O4/c1-18-16-25(39-4)23(27(36)33-18)17-32-28(37)26-20(3)35(24-9-6-5-8-22(24)26)19(2)21-10-14-34(15-11-21)29(38)30(31)12-7-13-30/h5-6,8-9,16,19,21H,7,10-15,17H2,1-4H3,(H,32,37)(H,33,36)/t19-/m1/s1. The fourth-order valence-corrected chi connectivity index (χ4v) is 6.28. The van der Waals surface area contributed by atoms with Crippen LogP contribution >= 0.6 is 0 Å². The van der Waals surface area contributed by atoms with Crippen molar-refractivity contribution in [1.29, 1.82) is 0 Å². The number of benzene rings is 1. The Hall–Kier alpha value is -3.62. The van der Waals surface area contributed by atoms with Crippen molar-refractivity contribution in [2.24, 2.45) is 5.92 Å². The summed E-state index contributed by atoms with van der Waals surface area (Å²) in [6.45, 7) is 7.03. The molecule has 0 bridgehead atoms. The first-order valence-corrected chi connectivity index (χ1v) is 13.8. The lowest BCUT2D eigenvalue weighted by Crippen LogP contribution is -2.52. The molecule has 0 radical (unpaired) electrons. The summed E-state index contributed by atoms with van der Waals surface area (Å²) in [6.07, 6.45) is 3.03. The molecule has 1 saturated carbocycles. The van der Waals surface area contributed by atoms with Gasteiger partial charge in [0, 0.05) is 41.4 Å². The van der Waals surface area contributed by atoms with E-state index in [1.807, 2.05) is 31.2 Å². The topological polar surface area (TPSA) is 96.4 Å². The molecule has 2 aliphatic rings. The van der Waals surface area contributed by atoms with Crippen LogP contribution in [0, 0.1) is 19.8 Å². The van der Waals surface area contributed by atoms with E-state index in [1.165, 1.54) is 7.11 Å². The average molecular weight is 537 g/mol. The lowest BCUT2D eigenvalue weighted by atomic mass is 9.80. The first kappa shape index (κ1) is 27.0. The number of aromatic nitrogens is 2. The van der Waals surface area contributed by atoms with E-state index in [1.54, 1.807) is 17.9 Å². The zero-order valence-corrected chi connectivity index (χ0v) is 23.1. The Balaban J connectivity index is 1.36. The second-order valence-electron chi connectivity index (χ2n) is 11.0. The van der Waals surface area contributed by atoms with Gasteiger partial charge in [-0.2, -0.15) is 0 Å². The summed E-state index contributed by atoms with van der Waals surface area (Å²) in [5, 5.41) is 3.77. The van der Waals surface area contributed by atoms with Crippen molar-refractivity contribution in [1.82, 2.24) is 19.8 Å². The number of fused-ring (bicyclic) bond motifs is 1. The number of nitrogens with one attached hydrogen (secondary N) is 2. The normalized spacial score (nSPS) is 18.0. The molecule has 1 atom stereocenters. The molecular weight excluding hydrogens is 499 g/mol. The van der Waals surface area contributed by atoms with Crippen LogP contribution in [0.25, 0.3) is 10.9 Å². The molecule has 1 aliphatic carbocycles. The predicted molar refractivity (Wildman–Crippen MR) is 148 cm³/mol. The molecule has 1 aliphatic heterocycles. The largest absolute Gasteiger partial charge is 0.496 e. The predicted octanol–water partition coefficient (Wildman–Crippen LogP) is 4.58. The van der Waals surface area contributed by atoms with Gasteiger partial charge in [0.2, 0.25) is 0 Å². The highest BCUT2D eigenvalue weighted by molar-refractivity contribution is 6.08. The third-order valence-electron chi connectivity index (χ3n) is 8.70. The minimum absolute atomic E-state index is 0.0364. The maximum Gasteiger partial charge on any atom is 0.260 e. The number of H-pyrrole nitrogens is 1. The second-order valence-corrected chi connectivity index (χ2v) is 11.0. The Labute approximate surface area is 227 Å². The third kappa shape index (κ3) is 4.83. The number of nitrogens with zero attached hydrogens (tertiary/aromatic N) is 2. The fraction of sp³-hybridized carbons (Fsp3) is 0.500. The van der Waals surface area contributed by atoms with Crippen molar-refractivity contribution in [2.45, 2.75) is 71.1 Å². The van der Waals surface area contributed by atoms with Crippen molar-refractivity contribution >= 4 is 22.7 Å². The zero-order valence-electron chi connectivity index (χ0n) is 23.1. The van der Waals surface area contributed by atoms with Gasteiger partial charge in [-0.1, -0.05) is 18.2 Å². The molecule has 1 saturated heterocycles. The number of ether oxygens (including phenoxy) is 1. The lowest BCUT2D eigenvalue weighted by Gasteiger charge is -2.41. The molecule has 2 amide bonds. The number of pyridine rings is 1. The van der Waals surface area contributed by atoms with Crippen molar-refractivity contribution < 1.29 is 18.7 Å². The van der Waals surface area contributed by atoms with Crippen molar-refractivity contribution in [3.8, 4) is 5.75 Å². The van der Waals surface area contributed by atoms with E-state index in [9.17, 15) is 18.8 Å². The van der Waals surface area contributed by atoms with Gasteiger partial charge in [-0.15, -0.1) is 0 Å². The number of rotatable bonds is 7. The minimum atomic E-state index is -1.65. The van der Waals surface area contributed by atoms with Gasteiger partial charge in [-0.05, 0) is 70.9 Å². The first-order valence-electron chi connectivity index (χ1n) is 13.8. The van der Waals surface area contributed by atoms with Crippen LogP contribution in [0.5, 0.6) is 5.75 Å². The number of hydrogen-bond donors (Lipinski definition) is 2. The number of amides is 2. The summed E-state index contributed by atoms with van der Waals surface area (Å²) in [7, 11) is 1.50. The molecule has 39 heavy (non-hydrogen) atoms. The summed E-state index contributed by atoms with van der Waals surface area (Å²) >= 11 is 0. The van der Waals surface area contributed by atoms with Crippen LogP contribution in [-0.4, -0.2) is 52.1 Å². The van der Waals surface area contributed by atoms with Crippen LogP contribution in [0.4, 0.5) is 4.39 Å². The summed E-state index contributed by atoms with van der Waals surface area (Å²) in [5.41, 5.74) is 1.50. The van der Waals surface area contributed by atoms with Gasteiger partial charge in [-0.3, -0.25) is 14.4 Å². The van der Waals surface area contributed by atoms with E-state index < -0.39 is 5.67 Å². The van der Waals surface area contributed by atoms with Crippen LogP contribution in [0.2, 0.25) is 0 Å². The smallest absolute Gasteiger partial charge is 0.260 e. The molecule has 1 aromatic carbocycles. The SMILES string of the molecule is COc1cc(C)[nH]c(=O)c1CNC(=O)c1c(C)n([C@H](C)C2CCN(C(=O)C3(F)CCC3)CC2)c2ccccc12. The van der Waals surface area contributed by atoms with E-state index in [0.717, 1.165) is 35.9 Å². The lowest BCUT2D eigenvalue weighted by molar-refractivity contribution is -0.151. The average Bonchev–Trinajstić information content (AvgIpc) is 3.21. The number of aromatic amines is 1. The van der Waals surface area contributed by atoms with E-state index in [-0.39, 0.29) is 35.9 Å². The summed E-state index contributed by atoms with van der Waals surface area (Å²) in [4.78, 5) is 43.2. The summed E-state index contributed by atoms with van der Waals surface area (Å²) in [5.74, 6) is 0.119. The number of likely N-dealkylation sites (tertiary alicyclic amines) is 1. The number of halogens is 1. The highest BCUT2D eigenvalue weighted by atomic mass is 19.1. The molecule has 2 aromatic heterocycles. The molecule has 0 unspecified atom stereocenters. The molecule has 8 nitrogen and oxygen atoms in total. The van der Waals surface area contributed by atoms with Crippen molar-refractivity contribution in [2.75, 3.05) is 20.2 Å². The maximum absolute atomic E-state index is 14.7. The monoisotopic (exact) mass is 536 g/mol. The number of carbonyl (C=O) groups excluding carboxylic acids is 2. The molecule has 2 N–H and O–H groups in total. The second kappa shape index (κ2) is 10.5. The van der Waals surface area contributed by atoms with Gasteiger partial charge in [0.1, 0.15) is 5.75 Å². The number of piperidine rings is 1. The van der Waals surface area contributed by atoms with E-state index in [0.29, 0.717) is 48.5 Å². The Bertz CT molecular complexity index is 1460. The summed E-state index contributed by atoms with van der Waals surface area (Å²) in [6, 6.07) is 9.66. The third-order valence-corrected chi connectivity index (χ3v) is 8.70. The van der Waals surface area contributed by atoms with Gasteiger partial charge in [0.25, 0.3) is 17.4 Å². The number of carbonyl (C=O) groups is 2. The van der Waals surface area contributed by atoms with Gasteiger partial charge in [-0.25, -0.2) is 4.39 Å². The highest BCUT2D eigenvalue weighted by Gasteiger charge is 2.47. The van der Waals surface area contributed by atoms with Crippen LogP contribution in [0.3, 0.4) is 0 Å². The Morgan fingerprint density at radius 2 is 1.90 bits per heavy atom. The minimum Gasteiger partial charge on any atom is -0.496 e. The number of para-hydroxylation sites is 1. The van der Waals surface area contributed by atoms with E-state index in [4.69, 9.17) is 4.74 Å². The number of alkyl halides is 1. The van der Waals surface area contributed by atoms with Crippen molar-refractivity contribution in [3.05, 3.63) is 63.2 Å². The van der Waals surface area contributed by atoms with Crippen molar-refractivity contribution in [3.63, 3.8) is 0 Å². The first-order chi connectivity index (χ1) is 18.6. The molecular formula is C30H37FN4O4. The molecule has 3 heterocycles. The number of hydrogen-bond acceptors (Lipinski definition) is 4. The summed E-state index contributed by atoms with van der Waals surface area (Å²) < 4.78 is 22.3. The number of methoxy groups -OCH3 is 1.